The van der Waals surface area contributed by atoms with Gasteiger partial charge in [0.25, 0.3) is 0 Å². The zero-order valence-electron chi connectivity index (χ0n) is 18.4. The van der Waals surface area contributed by atoms with Gasteiger partial charge in [0.15, 0.2) is 0 Å². The predicted octanol–water partition coefficient (Wildman–Crippen LogP) is 8.59. The molecule has 0 atom stereocenters. The summed E-state index contributed by atoms with van der Waals surface area (Å²) in [7, 11) is 0. The molecule has 0 aliphatic heterocycles. The largest absolute Gasteiger partial charge is 0.494 e. The van der Waals surface area contributed by atoms with Gasteiger partial charge in [-0.2, -0.15) is 0 Å². The van der Waals surface area contributed by atoms with Gasteiger partial charge in [0.05, 0.1) is 6.61 Å². The van der Waals surface area contributed by atoms with Crippen LogP contribution in [0, 0.1) is 12.8 Å². The van der Waals surface area contributed by atoms with Crippen LogP contribution in [0.25, 0.3) is 0 Å². The van der Waals surface area contributed by atoms with Gasteiger partial charge >= 0.3 is 0 Å². The summed E-state index contributed by atoms with van der Waals surface area (Å²) in [6.45, 7) is 7.63. The summed E-state index contributed by atoms with van der Waals surface area (Å²) in [4.78, 5) is 0. The van der Waals surface area contributed by atoms with E-state index in [2.05, 4.69) is 39.0 Å². The topological polar surface area (TPSA) is 9.23 Å². The van der Waals surface area contributed by atoms with Crippen LogP contribution in [0.3, 0.4) is 0 Å². The van der Waals surface area contributed by atoms with E-state index in [9.17, 15) is 0 Å². The maximum absolute atomic E-state index is 5.87. The molecule has 1 fully saturated rings. The molecule has 154 valence electrons. The van der Waals surface area contributed by atoms with E-state index in [4.69, 9.17) is 4.74 Å². The number of unbranched alkanes of at least 4 members (excludes halogenated alkanes) is 7. The van der Waals surface area contributed by atoms with Crippen LogP contribution in [-0.4, -0.2) is 6.61 Å². The standard InChI is InChI=1S/C26H44O/c1-4-6-8-9-10-11-12-13-23-14-16-24(17-15-23)26-19-18-25(21-22(26)3)27-20-7-5-2/h18-19,21,23-24H,4-17,20H2,1-3H3. The van der Waals surface area contributed by atoms with Crippen molar-refractivity contribution in [1.29, 1.82) is 0 Å². The van der Waals surface area contributed by atoms with Crippen molar-refractivity contribution in [1.82, 2.24) is 0 Å². The first-order valence-corrected chi connectivity index (χ1v) is 12.0. The van der Waals surface area contributed by atoms with Gasteiger partial charge in [0.2, 0.25) is 0 Å². The minimum Gasteiger partial charge on any atom is -0.494 e. The van der Waals surface area contributed by atoms with Crippen LogP contribution in [0.15, 0.2) is 18.2 Å². The van der Waals surface area contributed by atoms with Crippen LogP contribution in [0.1, 0.15) is 121 Å². The molecule has 0 aromatic heterocycles. The van der Waals surface area contributed by atoms with Gasteiger partial charge in [-0.3, -0.25) is 0 Å². The smallest absolute Gasteiger partial charge is 0.119 e. The Morgan fingerprint density at radius 1 is 0.815 bits per heavy atom. The first-order valence-electron chi connectivity index (χ1n) is 12.0. The van der Waals surface area contributed by atoms with Crippen molar-refractivity contribution in [2.75, 3.05) is 6.61 Å². The molecular formula is C26H44O. The van der Waals surface area contributed by atoms with Crippen molar-refractivity contribution in [3.05, 3.63) is 29.3 Å². The quantitative estimate of drug-likeness (QED) is 0.315. The summed E-state index contributed by atoms with van der Waals surface area (Å²) >= 11 is 0. The van der Waals surface area contributed by atoms with E-state index in [0.717, 1.165) is 30.6 Å². The van der Waals surface area contributed by atoms with E-state index in [1.165, 1.54) is 89.0 Å². The lowest BCUT2D eigenvalue weighted by Crippen LogP contribution is -2.14. The van der Waals surface area contributed by atoms with Crippen molar-refractivity contribution in [3.8, 4) is 5.75 Å². The Kier molecular flexibility index (Phi) is 10.9. The normalized spacial score (nSPS) is 20.0. The zero-order valence-corrected chi connectivity index (χ0v) is 18.4. The first-order chi connectivity index (χ1) is 13.2. The lowest BCUT2D eigenvalue weighted by atomic mass is 9.76. The van der Waals surface area contributed by atoms with Gasteiger partial charge in [-0.15, -0.1) is 0 Å². The summed E-state index contributed by atoms with van der Waals surface area (Å²) in [6.07, 6.45) is 19.5. The first kappa shape index (κ1) is 22.3. The van der Waals surface area contributed by atoms with Crippen LogP contribution in [0.2, 0.25) is 0 Å². The van der Waals surface area contributed by atoms with Crippen LogP contribution >= 0.6 is 0 Å². The van der Waals surface area contributed by atoms with Gasteiger partial charge in [-0.05, 0) is 74.1 Å². The Balaban J connectivity index is 1.66. The summed E-state index contributed by atoms with van der Waals surface area (Å²) in [5, 5.41) is 0. The third-order valence-electron chi connectivity index (χ3n) is 6.51. The fourth-order valence-corrected chi connectivity index (χ4v) is 4.68. The highest BCUT2D eigenvalue weighted by Crippen LogP contribution is 2.39. The SMILES string of the molecule is CCCCCCCCCC1CCC(c2ccc(OCCCC)cc2C)CC1. The molecule has 1 aliphatic rings. The summed E-state index contributed by atoms with van der Waals surface area (Å²) in [5.74, 6) is 2.83. The van der Waals surface area contributed by atoms with Crippen LogP contribution < -0.4 is 4.74 Å². The molecule has 0 spiro atoms. The molecule has 0 saturated heterocycles. The number of hydrogen-bond donors (Lipinski definition) is 0. The summed E-state index contributed by atoms with van der Waals surface area (Å²) in [5.41, 5.74) is 3.01. The van der Waals surface area contributed by atoms with Crippen molar-refractivity contribution >= 4 is 0 Å². The molecule has 1 aromatic carbocycles. The van der Waals surface area contributed by atoms with Gasteiger partial charge in [-0.1, -0.05) is 77.7 Å². The zero-order chi connectivity index (χ0) is 19.3. The lowest BCUT2D eigenvalue weighted by molar-refractivity contribution is 0.299. The van der Waals surface area contributed by atoms with E-state index < -0.39 is 0 Å². The molecule has 1 nitrogen and oxygen atoms in total. The number of aryl methyl sites for hydroxylation is 1. The second kappa shape index (κ2) is 13.2. The maximum Gasteiger partial charge on any atom is 0.119 e. The monoisotopic (exact) mass is 372 g/mol. The van der Waals surface area contributed by atoms with Gasteiger partial charge in [0, 0.05) is 0 Å². The van der Waals surface area contributed by atoms with E-state index >= 15 is 0 Å². The Labute approximate surface area is 169 Å². The van der Waals surface area contributed by atoms with Gasteiger partial charge in [0.1, 0.15) is 5.75 Å². The molecule has 0 N–H and O–H groups in total. The fourth-order valence-electron chi connectivity index (χ4n) is 4.68. The molecule has 1 aliphatic carbocycles. The molecule has 0 unspecified atom stereocenters. The number of benzene rings is 1. The highest BCUT2D eigenvalue weighted by atomic mass is 16.5. The number of ether oxygens (including phenoxy) is 1. The molecular weight excluding hydrogens is 328 g/mol. The van der Waals surface area contributed by atoms with Crippen LogP contribution in [0.5, 0.6) is 5.75 Å². The van der Waals surface area contributed by atoms with Crippen LogP contribution in [0.4, 0.5) is 0 Å². The van der Waals surface area contributed by atoms with E-state index in [-0.39, 0.29) is 0 Å². The van der Waals surface area contributed by atoms with Crippen molar-refractivity contribution < 1.29 is 4.74 Å². The fraction of sp³-hybridized carbons (Fsp3) is 0.769. The third kappa shape index (κ3) is 8.28. The van der Waals surface area contributed by atoms with Gasteiger partial charge < -0.3 is 4.74 Å². The second-order valence-corrected chi connectivity index (χ2v) is 8.85. The van der Waals surface area contributed by atoms with E-state index in [1.54, 1.807) is 5.56 Å². The average molecular weight is 373 g/mol. The molecule has 0 amide bonds. The molecule has 1 saturated carbocycles. The Morgan fingerprint density at radius 2 is 1.48 bits per heavy atom. The molecule has 0 heterocycles. The predicted molar refractivity (Wildman–Crippen MR) is 119 cm³/mol. The number of rotatable bonds is 13. The Bertz CT molecular complexity index is 499. The highest BCUT2D eigenvalue weighted by molar-refractivity contribution is 5.37. The van der Waals surface area contributed by atoms with Crippen molar-refractivity contribution in [2.24, 2.45) is 5.92 Å². The maximum atomic E-state index is 5.87. The summed E-state index contributed by atoms with van der Waals surface area (Å²) in [6, 6.07) is 6.80. The molecule has 1 aromatic rings. The van der Waals surface area contributed by atoms with Crippen molar-refractivity contribution in [2.45, 2.75) is 117 Å². The van der Waals surface area contributed by atoms with Crippen molar-refractivity contribution in [3.63, 3.8) is 0 Å². The third-order valence-corrected chi connectivity index (χ3v) is 6.51. The molecule has 1 heteroatoms. The summed E-state index contributed by atoms with van der Waals surface area (Å²) < 4.78 is 5.87. The van der Waals surface area contributed by atoms with E-state index in [0.29, 0.717) is 0 Å². The van der Waals surface area contributed by atoms with Gasteiger partial charge in [-0.25, -0.2) is 0 Å². The van der Waals surface area contributed by atoms with Crippen LogP contribution in [-0.2, 0) is 0 Å². The lowest BCUT2D eigenvalue weighted by Gasteiger charge is -2.30. The molecule has 0 bridgehead atoms. The molecule has 2 rings (SSSR count). The minimum atomic E-state index is 0.778. The Morgan fingerprint density at radius 3 is 2.15 bits per heavy atom. The van der Waals surface area contributed by atoms with E-state index in [1.807, 2.05) is 0 Å². The molecule has 27 heavy (non-hydrogen) atoms. The molecule has 0 radical (unpaired) electrons. The second-order valence-electron chi connectivity index (χ2n) is 8.85. The Hall–Kier alpha value is -0.980. The number of hydrogen-bond acceptors (Lipinski definition) is 1. The highest BCUT2D eigenvalue weighted by Gasteiger charge is 2.23. The average Bonchev–Trinajstić information content (AvgIpc) is 2.68. The minimum absolute atomic E-state index is 0.778.